The molecule has 3 heteroatoms. The zero-order chi connectivity index (χ0) is 9.78. The van der Waals surface area contributed by atoms with Crippen LogP contribution in [0.4, 0.5) is 0 Å². The summed E-state index contributed by atoms with van der Waals surface area (Å²) < 4.78 is 0. The standard InChI is InChI=1S/C9H15NO2/c1-5-7(2)10-9(3,4)6-8(11)12/h5,10H,1-2,6H2,3-4H3,(H,11,12). The lowest BCUT2D eigenvalue weighted by Crippen LogP contribution is -2.39. The van der Waals surface area contributed by atoms with E-state index in [2.05, 4.69) is 18.5 Å². The van der Waals surface area contributed by atoms with E-state index in [0.29, 0.717) is 5.70 Å². The number of carboxylic acid groups (broad SMARTS) is 1. The highest BCUT2D eigenvalue weighted by Crippen LogP contribution is 2.10. The molecule has 3 nitrogen and oxygen atoms in total. The number of rotatable bonds is 5. The van der Waals surface area contributed by atoms with Gasteiger partial charge < -0.3 is 10.4 Å². The topological polar surface area (TPSA) is 49.3 Å². The Morgan fingerprint density at radius 1 is 1.67 bits per heavy atom. The predicted octanol–water partition coefficient (Wildman–Crippen LogP) is 1.53. The first kappa shape index (κ1) is 10.8. The molecule has 0 aliphatic heterocycles. The Morgan fingerprint density at radius 2 is 2.17 bits per heavy atom. The molecule has 0 fully saturated rings. The number of carboxylic acids is 1. The molecule has 0 aliphatic rings. The summed E-state index contributed by atoms with van der Waals surface area (Å²) in [6.07, 6.45) is 1.61. The van der Waals surface area contributed by atoms with Crippen LogP contribution in [0.15, 0.2) is 24.9 Å². The van der Waals surface area contributed by atoms with Crippen LogP contribution in [-0.4, -0.2) is 16.6 Å². The van der Waals surface area contributed by atoms with E-state index >= 15 is 0 Å². The monoisotopic (exact) mass is 169 g/mol. The third-order valence-corrected chi connectivity index (χ3v) is 1.34. The lowest BCUT2D eigenvalue weighted by molar-refractivity contribution is -0.138. The molecular formula is C9H15NO2. The number of nitrogens with one attached hydrogen (secondary N) is 1. The fourth-order valence-electron chi connectivity index (χ4n) is 0.908. The Morgan fingerprint density at radius 3 is 2.50 bits per heavy atom. The van der Waals surface area contributed by atoms with Crippen LogP contribution in [-0.2, 0) is 4.79 Å². The van der Waals surface area contributed by atoms with Crippen LogP contribution >= 0.6 is 0 Å². The molecule has 12 heavy (non-hydrogen) atoms. The van der Waals surface area contributed by atoms with Crippen molar-refractivity contribution < 1.29 is 9.90 Å². The maximum Gasteiger partial charge on any atom is 0.305 e. The van der Waals surface area contributed by atoms with Crippen molar-refractivity contribution in [1.82, 2.24) is 5.32 Å². The molecule has 0 heterocycles. The molecule has 0 saturated heterocycles. The van der Waals surface area contributed by atoms with E-state index in [1.54, 1.807) is 19.9 Å². The normalized spacial score (nSPS) is 10.5. The van der Waals surface area contributed by atoms with E-state index in [0.717, 1.165) is 0 Å². The van der Waals surface area contributed by atoms with Crippen molar-refractivity contribution in [2.24, 2.45) is 0 Å². The van der Waals surface area contributed by atoms with Crippen molar-refractivity contribution in [3.05, 3.63) is 24.9 Å². The molecule has 0 spiro atoms. The van der Waals surface area contributed by atoms with Gasteiger partial charge in [-0.1, -0.05) is 13.2 Å². The van der Waals surface area contributed by atoms with Gasteiger partial charge in [0, 0.05) is 11.2 Å². The average Bonchev–Trinajstić information content (AvgIpc) is 1.83. The third kappa shape index (κ3) is 4.55. The fraction of sp³-hybridized carbons (Fsp3) is 0.444. The lowest BCUT2D eigenvalue weighted by atomic mass is 10.0. The zero-order valence-electron chi connectivity index (χ0n) is 7.55. The highest BCUT2D eigenvalue weighted by molar-refractivity contribution is 5.68. The minimum atomic E-state index is -0.829. The van der Waals surface area contributed by atoms with Crippen LogP contribution in [0.5, 0.6) is 0 Å². The summed E-state index contributed by atoms with van der Waals surface area (Å²) in [4.78, 5) is 10.4. The van der Waals surface area contributed by atoms with Crippen LogP contribution in [0.1, 0.15) is 20.3 Å². The van der Waals surface area contributed by atoms with E-state index in [1.165, 1.54) is 0 Å². The molecule has 0 saturated carbocycles. The molecule has 68 valence electrons. The van der Waals surface area contributed by atoms with Crippen molar-refractivity contribution in [3.8, 4) is 0 Å². The molecule has 0 aromatic rings. The molecule has 0 aromatic carbocycles. The zero-order valence-corrected chi connectivity index (χ0v) is 7.55. The highest BCUT2D eigenvalue weighted by atomic mass is 16.4. The second-order valence-corrected chi connectivity index (χ2v) is 3.31. The van der Waals surface area contributed by atoms with Crippen LogP contribution in [0, 0.1) is 0 Å². The summed E-state index contributed by atoms with van der Waals surface area (Å²) in [5.41, 5.74) is 0.165. The first-order valence-corrected chi connectivity index (χ1v) is 3.69. The first-order valence-electron chi connectivity index (χ1n) is 3.69. The summed E-state index contributed by atoms with van der Waals surface area (Å²) in [5, 5.41) is 11.5. The van der Waals surface area contributed by atoms with Crippen LogP contribution < -0.4 is 5.32 Å². The van der Waals surface area contributed by atoms with Gasteiger partial charge in [-0.15, -0.1) is 0 Å². The van der Waals surface area contributed by atoms with E-state index in [-0.39, 0.29) is 6.42 Å². The minimum Gasteiger partial charge on any atom is -0.481 e. The second kappa shape index (κ2) is 3.95. The van der Waals surface area contributed by atoms with Gasteiger partial charge in [0.15, 0.2) is 0 Å². The SMILES string of the molecule is C=CC(=C)NC(C)(C)CC(=O)O. The van der Waals surface area contributed by atoms with Crippen molar-refractivity contribution in [3.63, 3.8) is 0 Å². The van der Waals surface area contributed by atoms with Crippen molar-refractivity contribution >= 4 is 5.97 Å². The van der Waals surface area contributed by atoms with Crippen molar-refractivity contribution in [2.45, 2.75) is 25.8 Å². The van der Waals surface area contributed by atoms with Gasteiger partial charge in [0.2, 0.25) is 0 Å². The quantitative estimate of drug-likeness (QED) is 0.613. The van der Waals surface area contributed by atoms with Crippen molar-refractivity contribution in [1.29, 1.82) is 0 Å². The van der Waals surface area contributed by atoms with Crippen LogP contribution in [0.3, 0.4) is 0 Å². The molecule has 0 rings (SSSR count). The van der Waals surface area contributed by atoms with E-state index < -0.39 is 11.5 Å². The molecule has 0 aliphatic carbocycles. The molecule has 0 bridgehead atoms. The van der Waals surface area contributed by atoms with Gasteiger partial charge in [-0.2, -0.15) is 0 Å². The van der Waals surface area contributed by atoms with Gasteiger partial charge in [0.25, 0.3) is 0 Å². The molecule has 2 N–H and O–H groups in total. The summed E-state index contributed by atoms with van der Waals surface area (Å²) in [6, 6.07) is 0. The summed E-state index contributed by atoms with van der Waals surface area (Å²) in [7, 11) is 0. The summed E-state index contributed by atoms with van der Waals surface area (Å²) in [6.45, 7) is 10.8. The Balaban J connectivity index is 4.11. The van der Waals surface area contributed by atoms with Crippen LogP contribution in [0.2, 0.25) is 0 Å². The molecular weight excluding hydrogens is 154 g/mol. The average molecular weight is 169 g/mol. The molecule has 0 unspecified atom stereocenters. The number of aliphatic carboxylic acids is 1. The Kier molecular flexibility index (Phi) is 3.54. The van der Waals surface area contributed by atoms with Gasteiger partial charge in [0.05, 0.1) is 6.42 Å². The minimum absolute atomic E-state index is 0.0554. The second-order valence-electron chi connectivity index (χ2n) is 3.31. The Hall–Kier alpha value is -1.25. The number of allylic oxidation sites excluding steroid dienone is 1. The number of carbonyl (C=O) groups is 1. The lowest BCUT2D eigenvalue weighted by Gasteiger charge is -2.25. The Bertz CT molecular complexity index is 207. The number of hydrogen-bond acceptors (Lipinski definition) is 2. The molecule has 0 aromatic heterocycles. The van der Waals surface area contributed by atoms with Gasteiger partial charge in [-0.05, 0) is 19.9 Å². The number of hydrogen-bond donors (Lipinski definition) is 2. The van der Waals surface area contributed by atoms with Gasteiger partial charge >= 0.3 is 5.97 Å². The van der Waals surface area contributed by atoms with E-state index in [1.807, 2.05) is 0 Å². The largest absolute Gasteiger partial charge is 0.481 e. The predicted molar refractivity (Wildman–Crippen MR) is 48.8 cm³/mol. The highest BCUT2D eigenvalue weighted by Gasteiger charge is 2.20. The smallest absolute Gasteiger partial charge is 0.305 e. The van der Waals surface area contributed by atoms with E-state index in [9.17, 15) is 4.79 Å². The van der Waals surface area contributed by atoms with E-state index in [4.69, 9.17) is 5.11 Å². The fourth-order valence-corrected chi connectivity index (χ4v) is 0.908. The molecule has 0 radical (unpaired) electrons. The third-order valence-electron chi connectivity index (χ3n) is 1.34. The summed E-state index contributed by atoms with van der Waals surface area (Å²) >= 11 is 0. The maximum absolute atomic E-state index is 10.4. The first-order chi connectivity index (χ1) is 5.37. The molecule has 0 atom stereocenters. The maximum atomic E-state index is 10.4. The molecule has 0 amide bonds. The van der Waals surface area contributed by atoms with Crippen molar-refractivity contribution in [2.75, 3.05) is 0 Å². The van der Waals surface area contributed by atoms with Crippen LogP contribution in [0.25, 0.3) is 0 Å². The summed E-state index contributed by atoms with van der Waals surface area (Å²) in [5.74, 6) is -0.829. The van der Waals surface area contributed by atoms with Gasteiger partial charge in [-0.25, -0.2) is 0 Å². The Labute approximate surface area is 72.8 Å². The van der Waals surface area contributed by atoms with Gasteiger partial charge in [-0.3, -0.25) is 4.79 Å². The van der Waals surface area contributed by atoms with Gasteiger partial charge in [0.1, 0.15) is 0 Å².